The van der Waals surface area contributed by atoms with Gasteiger partial charge in [0.1, 0.15) is 0 Å². The van der Waals surface area contributed by atoms with Crippen LogP contribution in [0.2, 0.25) is 17.7 Å². The van der Waals surface area contributed by atoms with Gasteiger partial charge in [-0.2, -0.15) is 0 Å². The van der Waals surface area contributed by atoms with Gasteiger partial charge in [-0.25, -0.2) is 0 Å². The molecule has 0 aromatic heterocycles. The van der Waals surface area contributed by atoms with Gasteiger partial charge >= 0.3 is 318 Å². The van der Waals surface area contributed by atoms with Crippen LogP contribution in [0.3, 0.4) is 0 Å². The number of benzene rings is 2. The number of hydrogen-bond donors (Lipinski definition) is 0. The minimum absolute atomic E-state index is 1.04. The molecule has 280 valence electrons. The number of rotatable bonds is 34. The Kier molecular flexibility index (Phi) is 27.5. The molecule has 0 fully saturated rings. The quantitative estimate of drug-likeness (QED) is 0.0518. The molecule has 0 saturated heterocycles. The zero-order chi connectivity index (χ0) is 35.1. The van der Waals surface area contributed by atoms with Crippen molar-refractivity contribution in [2.24, 2.45) is 0 Å². The van der Waals surface area contributed by atoms with E-state index in [9.17, 15) is 0 Å². The molecule has 0 N–H and O–H groups in total. The summed E-state index contributed by atoms with van der Waals surface area (Å²) in [6.07, 6.45) is 31.5. The second-order valence-electron chi connectivity index (χ2n) is 14.8. The molecule has 0 radical (unpaired) electrons. The molecule has 0 unspecified atom stereocenters. The standard InChI is InChI=1S/4C8H17.2C6H6O.O.2Sn/c4*1-3-5-7-8-6-4-2;2*7-6-4-2-1-3-5-6;;;/h4*1,3-8H2,2H3;2*1-5,7H;;;/q;;;;;;;2*+1/p-2. The SMILES string of the molecule is CCCCCCC[CH2][Sn]([CH2]CCCCCCC)([O]c1ccccc1)[O][Sn]([CH2]CCCCCCC)([CH2]CCCCCCC)[O]c1ccccc1. The van der Waals surface area contributed by atoms with Gasteiger partial charge in [-0.1, -0.05) is 0 Å². The number of hydrogen-bond acceptors (Lipinski definition) is 3. The second kappa shape index (κ2) is 30.1. The van der Waals surface area contributed by atoms with E-state index in [0.717, 1.165) is 29.2 Å². The maximum absolute atomic E-state index is 8.12. The van der Waals surface area contributed by atoms with Crippen molar-refractivity contribution >= 4 is 38.4 Å². The van der Waals surface area contributed by atoms with Crippen LogP contribution in [0.5, 0.6) is 11.5 Å². The first-order valence-corrected chi connectivity index (χ1v) is 34.0. The third-order valence-electron chi connectivity index (χ3n) is 10.1. The summed E-state index contributed by atoms with van der Waals surface area (Å²) in [5, 5.41) is 0. The van der Waals surface area contributed by atoms with Gasteiger partial charge in [-0.05, 0) is 0 Å². The first kappa shape index (κ1) is 44.8. The Morgan fingerprint density at radius 2 is 0.571 bits per heavy atom. The Hall–Kier alpha value is -0.403. The molecule has 5 heteroatoms. The van der Waals surface area contributed by atoms with Gasteiger partial charge < -0.3 is 0 Å². The third kappa shape index (κ3) is 21.7. The third-order valence-corrected chi connectivity index (χ3v) is 42.7. The van der Waals surface area contributed by atoms with Crippen LogP contribution in [0.15, 0.2) is 60.7 Å². The maximum atomic E-state index is 8.12. The van der Waals surface area contributed by atoms with Gasteiger partial charge in [-0.3, -0.25) is 0 Å². The predicted octanol–water partition coefficient (Wildman–Crippen LogP) is 15.5. The molecule has 0 aliphatic rings. The van der Waals surface area contributed by atoms with Crippen LogP contribution in [0, 0.1) is 0 Å². The fourth-order valence-corrected chi connectivity index (χ4v) is 47.7. The molecule has 0 amide bonds. The van der Waals surface area contributed by atoms with E-state index in [1.165, 1.54) is 154 Å². The zero-order valence-corrected chi connectivity index (χ0v) is 38.5. The Balaban J connectivity index is 2.47. The molecule has 3 nitrogen and oxygen atoms in total. The van der Waals surface area contributed by atoms with E-state index in [4.69, 9.17) is 7.56 Å². The molecule has 0 atom stereocenters. The van der Waals surface area contributed by atoms with E-state index in [0.29, 0.717) is 0 Å². The number of para-hydroxylation sites is 2. The fourth-order valence-electron chi connectivity index (χ4n) is 7.14. The van der Waals surface area contributed by atoms with Crippen LogP contribution >= 0.6 is 0 Å². The summed E-state index contributed by atoms with van der Waals surface area (Å²) in [6, 6.07) is 21.6. The Labute approximate surface area is 315 Å². The average Bonchev–Trinajstić information content (AvgIpc) is 3.12. The molecule has 0 heterocycles. The van der Waals surface area contributed by atoms with Crippen molar-refractivity contribution in [2.75, 3.05) is 0 Å². The number of unbranched alkanes of at least 4 members (excludes halogenated alkanes) is 20. The van der Waals surface area contributed by atoms with Crippen molar-refractivity contribution in [1.82, 2.24) is 0 Å². The average molecular weight is 893 g/mol. The Bertz CT molecular complexity index is 875. The molecular weight excluding hydrogens is 814 g/mol. The van der Waals surface area contributed by atoms with Gasteiger partial charge in [0.25, 0.3) is 0 Å². The Morgan fingerprint density at radius 1 is 0.327 bits per heavy atom. The van der Waals surface area contributed by atoms with Gasteiger partial charge in [0.15, 0.2) is 0 Å². The molecule has 2 aromatic rings. The van der Waals surface area contributed by atoms with Crippen LogP contribution < -0.4 is 6.15 Å². The van der Waals surface area contributed by atoms with Crippen LogP contribution in [0.1, 0.15) is 182 Å². The van der Waals surface area contributed by atoms with Crippen molar-refractivity contribution in [3.63, 3.8) is 0 Å². The summed E-state index contributed by atoms with van der Waals surface area (Å²) in [4.78, 5) is 0. The van der Waals surface area contributed by atoms with E-state index in [-0.39, 0.29) is 0 Å². The molecule has 0 aliphatic carbocycles. The van der Waals surface area contributed by atoms with Crippen molar-refractivity contribution in [1.29, 1.82) is 0 Å². The Morgan fingerprint density at radius 3 is 0.837 bits per heavy atom. The summed E-state index contributed by atoms with van der Waals surface area (Å²) in [6.45, 7) is 9.26. The summed E-state index contributed by atoms with van der Waals surface area (Å²) < 4.78 is 27.6. The monoisotopic (exact) mass is 894 g/mol. The van der Waals surface area contributed by atoms with Crippen LogP contribution in [-0.4, -0.2) is 38.4 Å². The van der Waals surface area contributed by atoms with E-state index in [1.807, 2.05) is 0 Å². The van der Waals surface area contributed by atoms with Gasteiger partial charge in [0.2, 0.25) is 0 Å². The summed E-state index contributed by atoms with van der Waals surface area (Å²) in [7, 11) is 0. The summed E-state index contributed by atoms with van der Waals surface area (Å²) >= 11 is -7.39. The van der Waals surface area contributed by atoms with Crippen molar-refractivity contribution < 1.29 is 7.56 Å². The van der Waals surface area contributed by atoms with E-state index >= 15 is 0 Å². The van der Waals surface area contributed by atoms with Crippen LogP contribution in [-0.2, 0) is 1.41 Å². The topological polar surface area (TPSA) is 27.7 Å². The van der Waals surface area contributed by atoms with Gasteiger partial charge in [0.05, 0.1) is 0 Å². The molecule has 49 heavy (non-hydrogen) atoms. The van der Waals surface area contributed by atoms with Gasteiger partial charge in [0, 0.05) is 0 Å². The first-order valence-electron chi connectivity index (χ1n) is 21.3. The van der Waals surface area contributed by atoms with Crippen molar-refractivity contribution in [3.8, 4) is 11.5 Å². The molecule has 0 aliphatic heterocycles. The normalized spacial score (nSPS) is 12.0. The van der Waals surface area contributed by atoms with Gasteiger partial charge in [-0.15, -0.1) is 0 Å². The van der Waals surface area contributed by atoms with Crippen LogP contribution in [0.4, 0.5) is 0 Å². The fraction of sp³-hybridized carbons (Fsp3) is 0.727. The van der Waals surface area contributed by atoms with E-state index in [1.54, 1.807) is 0 Å². The minimum atomic E-state index is -3.69. The molecule has 2 aromatic carbocycles. The van der Waals surface area contributed by atoms with Crippen molar-refractivity contribution in [2.45, 2.75) is 200 Å². The predicted molar refractivity (Wildman–Crippen MR) is 219 cm³/mol. The zero-order valence-electron chi connectivity index (χ0n) is 32.8. The molecule has 0 spiro atoms. The van der Waals surface area contributed by atoms with E-state index < -0.39 is 38.4 Å². The van der Waals surface area contributed by atoms with Crippen LogP contribution in [0.25, 0.3) is 0 Å². The summed E-state index contributed by atoms with van der Waals surface area (Å²) in [5.74, 6) is 2.07. The van der Waals surface area contributed by atoms with E-state index in [2.05, 4.69) is 88.4 Å². The summed E-state index contributed by atoms with van der Waals surface area (Å²) in [5.41, 5.74) is 0. The molecule has 0 bridgehead atoms. The molecule has 2 rings (SSSR count). The molecule has 0 saturated carbocycles. The first-order chi connectivity index (χ1) is 24.1. The second-order valence-corrected chi connectivity index (χ2v) is 36.6. The molecular formula is C44H78O3Sn2. The van der Waals surface area contributed by atoms with Crippen molar-refractivity contribution in [3.05, 3.63) is 60.7 Å².